The second-order valence-corrected chi connectivity index (χ2v) is 5.08. The lowest BCUT2D eigenvalue weighted by atomic mass is 10.2. The second-order valence-electron chi connectivity index (χ2n) is 4.67. The summed E-state index contributed by atoms with van der Waals surface area (Å²) in [5.41, 5.74) is 2.60. The van der Waals surface area contributed by atoms with Gasteiger partial charge in [-0.2, -0.15) is 0 Å². The van der Waals surface area contributed by atoms with Gasteiger partial charge in [-0.3, -0.25) is 4.98 Å². The molecule has 108 valence electrons. The van der Waals surface area contributed by atoms with Crippen molar-refractivity contribution >= 4 is 22.5 Å². The summed E-state index contributed by atoms with van der Waals surface area (Å²) >= 11 is 6.16. The Kier molecular flexibility index (Phi) is 3.75. The van der Waals surface area contributed by atoms with Gasteiger partial charge >= 0.3 is 0 Å². The Bertz CT molecular complexity index is 784. The first-order chi connectivity index (χ1) is 10.2. The van der Waals surface area contributed by atoms with Crippen LogP contribution in [-0.4, -0.2) is 20.0 Å². The summed E-state index contributed by atoms with van der Waals surface area (Å²) < 4.78 is 7.78. The molecule has 1 aromatic carbocycles. The highest BCUT2D eigenvalue weighted by atomic mass is 35.5. The fraction of sp³-hybridized carbons (Fsp3) is 0.267. The number of aromatic nitrogens is 4. The molecule has 2 heterocycles. The van der Waals surface area contributed by atoms with E-state index in [1.165, 1.54) is 0 Å². The summed E-state index contributed by atoms with van der Waals surface area (Å²) in [6.07, 6.45) is 1.70. The van der Waals surface area contributed by atoms with Crippen LogP contribution in [0.25, 0.3) is 10.9 Å². The number of pyridine rings is 1. The molecule has 5 nitrogen and oxygen atoms in total. The van der Waals surface area contributed by atoms with Crippen molar-refractivity contribution < 1.29 is 4.74 Å². The number of nitrogens with zero attached hydrogens (tertiary/aromatic N) is 4. The van der Waals surface area contributed by atoms with E-state index in [1.807, 2.05) is 42.8 Å². The molecule has 0 aliphatic carbocycles. The molecule has 0 bridgehead atoms. The fourth-order valence-corrected chi connectivity index (χ4v) is 2.46. The van der Waals surface area contributed by atoms with E-state index < -0.39 is 0 Å². The minimum atomic E-state index is 0.415. The zero-order valence-electron chi connectivity index (χ0n) is 11.9. The Morgan fingerprint density at radius 2 is 2.14 bits per heavy atom. The first kappa shape index (κ1) is 13.8. The van der Waals surface area contributed by atoms with Gasteiger partial charge in [-0.15, -0.1) is 5.10 Å². The van der Waals surface area contributed by atoms with Crippen LogP contribution in [0.3, 0.4) is 0 Å². The summed E-state index contributed by atoms with van der Waals surface area (Å²) in [6.45, 7) is 5.14. The lowest BCUT2D eigenvalue weighted by Gasteiger charge is -2.10. The summed E-state index contributed by atoms with van der Waals surface area (Å²) in [6, 6.07) is 7.50. The molecule has 0 saturated carbocycles. The average molecular weight is 303 g/mol. The maximum atomic E-state index is 6.16. The Balaban J connectivity index is 1.92. The molecule has 21 heavy (non-hydrogen) atoms. The van der Waals surface area contributed by atoms with Gasteiger partial charge in [0.25, 0.3) is 0 Å². The monoisotopic (exact) mass is 302 g/mol. The van der Waals surface area contributed by atoms with Gasteiger partial charge in [0.05, 0.1) is 21.9 Å². The predicted octanol–water partition coefficient (Wildman–Crippen LogP) is 3.39. The molecule has 0 N–H and O–H groups in total. The molecule has 2 aromatic heterocycles. The molecule has 0 aliphatic heterocycles. The molecule has 0 aliphatic rings. The van der Waals surface area contributed by atoms with Crippen LogP contribution in [0.5, 0.6) is 5.75 Å². The predicted molar refractivity (Wildman–Crippen MR) is 81.5 cm³/mol. The molecule has 3 rings (SSSR count). The minimum absolute atomic E-state index is 0.415. The van der Waals surface area contributed by atoms with Crippen molar-refractivity contribution in [1.82, 2.24) is 20.0 Å². The third kappa shape index (κ3) is 2.56. The van der Waals surface area contributed by atoms with Crippen molar-refractivity contribution in [3.63, 3.8) is 0 Å². The third-order valence-corrected chi connectivity index (χ3v) is 3.68. The topological polar surface area (TPSA) is 52.8 Å². The largest absolute Gasteiger partial charge is 0.486 e. The van der Waals surface area contributed by atoms with Crippen LogP contribution in [0.1, 0.15) is 18.3 Å². The van der Waals surface area contributed by atoms with Crippen molar-refractivity contribution in [1.29, 1.82) is 0 Å². The molecule has 0 unspecified atom stereocenters. The van der Waals surface area contributed by atoms with Gasteiger partial charge in [0, 0.05) is 18.1 Å². The molecule has 0 atom stereocenters. The Morgan fingerprint density at radius 3 is 2.95 bits per heavy atom. The van der Waals surface area contributed by atoms with Crippen molar-refractivity contribution in [3.8, 4) is 5.75 Å². The maximum absolute atomic E-state index is 6.16. The number of halogens is 1. The lowest BCUT2D eigenvalue weighted by molar-refractivity contribution is 0.295. The zero-order valence-corrected chi connectivity index (χ0v) is 12.6. The highest BCUT2D eigenvalue weighted by Gasteiger charge is 2.11. The van der Waals surface area contributed by atoms with Crippen LogP contribution in [-0.2, 0) is 13.2 Å². The second kappa shape index (κ2) is 5.69. The van der Waals surface area contributed by atoms with Gasteiger partial charge in [-0.25, -0.2) is 4.68 Å². The SMILES string of the molecule is CCn1nnc(C)c1COc1ccnc2c(Cl)cccc12. The Labute approximate surface area is 127 Å². The third-order valence-electron chi connectivity index (χ3n) is 3.38. The van der Waals surface area contributed by atoms with Crippen LogP contribution in [0.2, 0.25) is 5.02 Å². The number of aryl methyl sites for hydroxylation is 2. The van der Waals surface area contributed by atoms with E-state index in [4.69, 9.17) is 16.3 Å². The van der Waals surface area contributed by atoms with Crippen LogP contribution in [0.4, 0.5) is 0 Å². The van der Waals surface area contributed by atoms with Crippen molar-refractivity contribution in [3.05, 3.63) is 46.9 Å². The molecule has 3 aromatic rings. The normalized spacial score (nSPS) is 11.0. The van der Waals surface area contributed by atoms with Crippen molar-refractivity contribution in [2.45, 2.75) is 27.0 Å². The first-order valence-corrected chi connectivity index (χ1v) is 7.13. The molecule has 0 saturated heterocycles. The van der Waals surface area contributed by atoms with Crippen molar-refractivity contribution in [2.75, 3.05) is 0 Å². The number of fused-ring (bicyclic) bond motifs is 1. The average Bonchev–Trinajstić information content (AvgIpc) is 2.86. The first-order valence-electron chi connectivity index (χ1n) is 6.75. The van der Waals surface area contributed by atoms with Gasteiger partial charge in [0.15, 0.2) is 0 Å². The van der Waals surface area contributed by atoms with E-state index in [0.29, 0.717) is 11.6 Å². The van der Waals surface area contributed by atoms with Gasteiger partial charge < -0.3 is 4.74 Å². The number of hydrogen-bond donors (Lipinski definition) is 0. The van der Waals surface area contributed by atoms with Crippen molar-refractivity contribution in [2.24, 2.45) is 0 Å². The number of hydrogen-bond acceptors (Lipinski definition) is 4. The molecule has 0 spiro atoms. The molecule has 0 radical (unpaired) electrons. The molecular formula is C15H15ClN4O. The van der Waals surface area contributed by atoms with E-state index in [-0.39, 0.29) is 0 Å². The van der Waals surface area contributed by atoms with Crippen LogP contribution in [0.15, 0.2) is 30.5 Å². The van der Waals surface area contributed by atoms with Gasteiger partial charge in [0.2, 0.25) is 0 Å². The zero-order chi connectivity index (χ0) is 14.8. The summed E-state index contributed by atoms with van der Waals surface area (Å²) in [7, 11) is 0. The number of benzene rings is 1. The quantitative estimate of drug-likeness (QED) is 0.741. The highest BCUT2D eigenvalue weighted by molar-refractivity contribution is 6.35. The van der Waals surface area contributed by atoms with Crippen LogP contribution < -0.4 is 4.74 Å². The Morgan fingerprint density at radius 1 is 1.29 bits per heavy atom. The van der Waals surface area contributed by atoms with Gasteiger partial charge in [-0.05, 0) is 32.0 Å². The Hall–Kier alpha value is -2.14. The van der Waals surface area contributed by atoms with E-state index >= 15 is 0 Å². The van der Waals surface area contributed by atoms with E-state index in [2.05, 4.69) is 15.3 Å². The smallest absolute Gasteiger partial charge is 0.132 e. The lowest BCUT2D eigenvalue weighted by Crippen LogP contribution is -2.07. The number of para-hydroxylation sites is 1. The molecule has 0 amide bonds. The number of ether oxygens (including phenoxy) is 1. The maximum Gasteiger partial charge on any atom is 0.132 e. The molecule has 0 fully saturated rings. The van der Waals surface area contributed by atoms with Gasteiger partial charge in [0.1, 0.15) is 12.4 Å². The van der Waals surface area contributed by atoms with Gasteiger partial charge in [-0.1, -0.05) is 22.9 Å². The summed E-state index contributed by atoms with van der Waals surface area (Å²) in [5, 5.41) is 9.67. The fourth-order valence-electron chi connectivity index (χ4n) is 2.24. The molecule has 6 heteroatoms. The van der Waals surface area contributed by atoms with Crippen LogP contribution >= 0.6 is 11.6 Å². The highest BCUT2D eigenvalue weighted by Crippen LogP contribution is 2.29. The standard InChI is InChI=1S/C15H15ClN4O/c1-3-20-13(10(2)18-19-20)9-21-14-7-8-17-15-11(14)5-4-6-12(15)16/h4-8H,3,9H2,1-2H3. The van der Waals surface area contributed by atoms with E-state index in [0.717, 1.165) is 34.6 Å². The number of rotatable bonds is 4. The summed E-state index contributed by atoms with van der Waals surface area (Å²) in [4.78, 5) is 4.30. The van der Waals surface area contributed by atoms with Crippen LogP contribution in [0, 0.1) is 6.92 Å². The molecular weight excluding hydrogens is 288 g/mol. The minimum Gasteiger partial charge on any atom is -0.486 e. The summed E-state index contributed by atoms with van der Waals surface area (Å²) in [5.74, 6) is 0.755. The van der Waals surface area contributed by atoms with E-state index in [1.54, 1.807) is 6.20 Å². The van der Waals surface area contributed by atoms with E-state index in [9.17, 15) is 0 Å².